The minimum absolute atomic E-state index is 0.316. The van der Waals surface area contributed by atoms with Crippen LogP contribution in [0.15, 0.2) is 24.3 Å². The largest absolute Gasteiger partial charge is 0.477 e. The van der Waals surface area contributed by atoms with Crippen molar-refractivity contribution in [2.45, 2.75) is 13.5 Å². The fraction of sp³-hybridized carbons (Fsp3) is 0.375. The van der Waals surface area contributed by atoms with Gasteiger partial charge in [-0.1, -0.05) is 24.3 Å². The lowest BCUT2D eigenvalue weighted by Crippen LogP contribution is -2.35. The van der Waals surface area contributed by atoms with Gasteiger partial charge in [0.2, 0.25) is 0 Å². The topological polar surface area (TPSA) is 62.7 Å². The molecule has 5 nitrogen and oxygen atoms in total. The fourth-order valence-corrected chi connectivity index (χ4v) is 3.54. The average molecular weight is 318 g/mol. The van der Waals surface area contributed by atoms with E-state index in [1.807, 2.05) is 18.2 Å². The van der Waals surface area contributed by atoms with Crippen LogP contribution >= 0.6 is 11.3 Å². The van der Waals surface area contributed by atoms with Crippen LogP contribution in [0.5, 0.6) is 0 Å². The first-order valence-corrected chi connectivity index (χ1v) is 8.06. The van der Waals surface area contributed by atoms with Gasteiger partial charge in [0, 0.05) is 25.2 Å². The summed E-state index contributed by atoms with van der Waals surface area (Å²) in [6.07, 6.45) is 0. The average Bonchev–Trinajstić information content (AvgIpc) is 2.91. The number of aromatic carboxylic acids is 1. The second-order valence-electron chi connectivity index (χ2n) is 5.28. The molecule has 0 spiro atoms. The Balaban J connectivity index is 1.90. The maximum absolute atomic E-state index is 11.2. The van der Waals surface area contributed by atoms with E-state index in [4.69, 9.17) is 4.74 Å². The first-order chi connectivity index (χ1) is 10.6. The molecule has 0 amide bonds. The summed E-state index contributed by atoms with van der Waals surface area (Å²) in [5, 5.41) is 9.98. The Kier molecular flexibility index (Phi) is 4.52. The Bertz CT molecular complexity index is 678. The second kappa shape index (κ2) is 6.56. The molecular weight excluding hydrogens is 300 g/mol. The smallest absolute Gasteiger partial charge is 0.347 e. The van der Waals surface area contributed by atoms with Crippen molar-refractivity contribution in [3.63, 3.8) is 0 Å². The van der Waals surface area contributed by atoms with Gasteiger partial charge in [0.15, 0.2) is 0 Å². The number of ether oxygens (including phenoxy) is 1. The van der Waals surface area contributed by atoms with Crippen LogP contribution in [0.4, 0.5) is 0 Å². The lowest BCUT2D eigenvalue weighted by molar-refractivity contribution is 0.0342. The van der Waals surface area contributed by atoms with E-state index in [2.05, 4.69) is 16.0 Å². The number of aryl methyl sites for hydroxylation is 1. The Morgan fingerprint density at radius 2 is 2.09 bits per heavy atom. The van der Waals surface area contributed by atoms with E-state index in [9.17, 15) is 9.90 Å². The minimum atomic E-state index is -0.910. The van der Waals surface area contributed by atoms with E-state index < -0.39 is 5.97 Å². The zero-order valence-corrected chi connectivity index (χ0v) is 13.2. The molecular formula is C16H18N2O3S. The number of hydrogen-bond acceptors (Lipinski definition) is 5. The van der Waals surface area contributed by atoms with Crippen LogP contribution < -0.4 is 0 Å². The lowest BCUT2D eigenvalue weighted by atomic mass is 10.1. The quantitative estimate of drug-likeness (QED) is 0.939. The molecule has 3 rings (SSSR count). The number of hydrogen-bond donors (Lipinski definition) is 1. The third kappa shape index (κ3) is 3.19. The number of carboxylic acid groups (broad SMARTS) is 1. The van der Waals surface area contributed by atoms with Gasteiger partial charge in [0.25, 0.3) is 0 Å². The van der Waals surface area contributed by atoms with Gasteiger partial charge in [-0.15, -0.1) is 11.3 Å². The molecule has 1 aliphatic rings. The van der Waals surface area contributed by atoms with Crippen LogP contribution in [0, 0.1) is 6.92 Å². The minimum Gasteiger partial charge on any atom is -0.477 e. The first kappa shape index (κ1) is 15.1. The number of morpholine rings is 1. The maximum Gasteiger partial charge on any atom is 0.347 e. The molecule has 2 heterocycles. The predicted octanol–water partition coefficient (Wildman–Crippen LogP) is 2.65. The summed E-state index contributed by atoms with van der Waals surface area (Å²) >= 11 is 1.24. The highest BCUT2D eigenvalue weighted by molar-refractivity contribution is 7.17. The summed E-state index contributed by atoms with van der Waals surface area (Å²) in [6, 6.07) is 8.08. The molecule has 0 saturated carbocycles. The SMILES string of the molecule is Cc1nc(-c2ccccc2CN2CCOCC2)sc1C(=O)O. The van der Waals surface area contributed by atoms with Gasteiger partial charge >= 0.3 is 5.97 Å². The Morgan fingerprint density at radius 3 is 2.77 bits per heavy atom. The second-order valence-corrected chi connectivity index (χ2v) is 6.28. The third-order valence-corrected chi connectivity index (χ3v) is 4.91. The Morgan fingerprint density at radius 1 is 1.36 bits per heavy atom. The molecule has 1 fully saturated rings. The molecule has 1 N–H and O–H groups in total. The van der Waals surface area contributed by atoms with Crippen LogP contribution in [0.1, 0.15) is 20.9 Å². The number of thiazole rings is 1. The van der Waals surface area contributed by atoms with Gasteiger partial charge in [-0.05, 0) is 12.5 Å². The number of aromatic nitrogens is 1. The van der Waals surface area contributed by atoms with Gasteiger partial charge in [-0.2, -0.15) is 0 Å². The normalized spacial score (nSPS) is 15.9. The predicted molar refractivity (Wildman–Crippen MR) is 85.3 cm³/mol. The Hall–Kier alpha value is -1.76. The zero-order chi connectivity index (χ0) is 15.5. The monoisotopic (exact) mass is 318 g/mol. The van der Waals surface area contributed by atoms with Gasteiger partial charge in [-0.3, -0.25) is 4.90 Å². The van der Waals surface area contributed by atoms with E-state index >= 15 is 0 Å². The van der Waals surface area contributed by atoms with E-state index in [1.54, 1.807) is 6.92 Å². The lowest BCUT2D eigenvalue weighted by Gasteiger charge is -2.27. The molecule has 6 heteroatoms. The van der Waals surface area contributed by atoms with E-state index in [-0.39, 0.29) is 0 Å². The van der Waals surface area contributed by atoms with Crippen molar-refractivity contribution in [1.29, 1.82) is 0 Å². The van der Waals surface area contributed by atoms with E-state index in [1.165, 1.54) is 16.9 Å². The number of rotatable bonds is 4. The van der Waals surface area contributed by atoms with Crippen LogP contribution in [-0.2, 0) is 11.3 Å². The molecule has 0 atom stereocenters. The maximum atomic E-state index is 11.2. The van der Waals surface area contributed by atoms with Crippen LogP contribution in [0.25, 0.3) is 10.6 Å². The molecule has 1 aromatic carbocycles. The standard InChI is InChI=1S/C16H18N2O3S/c1-11-14(16(19)20)22-15(17-11)13-5-3-2-4-12(13)10-18-6-8-21-9-7-18/h2-5H,6-10H2,1H3,(H,19,20). The number of carbonyl (C=O) groups is 1. The van der Waals surface area contributed by atoms with Gasteiger partial charge in [0.1, 0.15) is 9.88 Å². The molecule has 0 aliphatic carbocycles. The van der Waals surface area contributed by atoms with Crippen LogP contribution in [0.2, 0.25) is 0 Å². The summed E-state index contributed by atoms with van der Waals surface area (Å²) in [4.78, 5) is 18.3. The van der Waals surface area contributed by atoms with Crippen molar-refractivity contribution in [3.8, 4) is 10.6 Å². The van der Waals surface area contributed by atoms with Crippen LogP contribution in [0.3, 0.4) is 0 Å². The van der Waals surface area contributed by atoms with Crippen molar-refractivity contribution >= 4 is 17.3 Å². The molecule has 1 aliphatic heterocycles. The molecule has 2 aromatic rings. The molecule has 1 aromatic heterocycles. The molecule has 0 bridgehead atoms. The summed E-state index contributed by atoms with van der Waals surface area (Å²) in [6.45, 7) is 5.95. The molecule has 1 saturated heterocycles. The summed E-state index contributed by atoms with van der Waals surface area (Å²) in [5.41, 5.74) is 2.78. The Labute approximate surface area is 133 Å². The molecule has 0 radical (unpaired) electrons. The summed E-state index contributed by atoms with van der Waals surface area (Å²) in [7, 11) is 0. The number of carboxylic acids is 1. The summed E-state index contributed by atoms with van der Waals surface area (Å²) in [5.74, 6) is -0.910. The van der Waals surface area contributed by atoms with Gasteiger partial charge in [-0.25, -0.2) is 9.78 Å². The van der Waals surface area contributed by atoms with Crippen molar-refractivity contribution in [2.75, 3.05) is 26.3 Å². The third-order valence-electron chi connectivity index (χ3n) is 3.74. The highest BCUT2D eigenvalue weighted by Crippen LogP contribution is 2.31. The first-order valence-electron chi connectivity index (χ1n) is 7.24. The van der Waals surface area contributed by atoms with Crippen molar-refractivity contribution in [2.24, 2.45) is 0 Å². The number of nitrogens with zero attached hydrogens (tertiary/aromatic N) is 2. The van der Waals surface area contributed by atoms with Gasteiger partial charge in [0.05, 0.1) is 18.9 Å². The van der Waals surface area contributed by atoms with Crippen molar-refractivity contribution in [1.82, 2.24) is 9.88 Å². The van der Waals surface area contributed by atoms with Crippen molar-refractivity contribution in [3.05, 3.63) is 40.4 Å². The van der Waals surface area contributed by atoms with E-state index in [0.29, 0.717) is 10.6 Å². The highest BCUT2D eigenvalue weighted by atomic mass is 32.1. The van der Waals surface area contributed by atoms with Crippen LogP contribution in [-0.4, -0.2) is 47.3 Å². The number of benzene rings is 1. The fourth-order valence-electron chi connectivity index (χ4n) is 2.58. The molecule has 116 valence electrons. The van der Waals surface area contributed by atoms with Crippen molar-refractivity contribution < 1.29 is 14.6 Å². The zero-order valence-electron chi connectivity index (χ0n) is 12.4. The van der Waals surface area contributed by atoms with E-state index in [0.717, 1.165) is 43.4 Å². The highest BCUT2D eigenvalue weighted by Gasteiger charge is 2.18. The molecule has 22 heavy (non-hydrogen) atoms. The molecule has 0 unspecified atom stereocenters. The van der Waals surface area contributed by atoms with Gasteiger partial charge < -0.3 is 9.84 Å². The summed E-state index contributed by atoms with van der Waals surface area (Å²) < 4.78 is 5.38.